The van der Waals surface area contributed by atoms with Gasteiger partial charge in [0.05, 0.1) is 32.4 Å². The quantitative estimate of drug-likeness (QED) is 0.169. The van der Waals surface area contributed by atoms with E-state index in [0.29, 0.717) is 32.8 Å². The third-order valence-electron chi connectivity index (χ3n) is 5.59. The summed E-state index contributed by atoms with van der Waals surface area (Å²) in [6.07, 6.45) is 3.27. The molecule has 1 N–H and O–H groups in total. The minimum Gasteiger partial charge on any atom is -0.505 e. The number of rotatable bonds is 5. The van der Waals surface area contributed by atoms with E-state index < -0.39 is 10.8 Å². The lowest BCUT2D eigenvalue weighted by Crippen LogP contribution is -2.25. The second kappa shape index (κ2) is 9.37. The SMILES string of the molecule is O=C1/C(=C/c2ccc(-c3ccc(Cl)c(Cl)c3)o2)C=C(c2ccccc2)N1c1ccc([N+](=O)[O-])cc1O. The summed E-state index contributed by atoms with van der Waals surface area (Å²) >= 11 is 12.1. The van der Waals surface area contributed by atoms with Crippen LogP contribution in [0.25, 0.3) is 23.1 Å². The highest BCUT2D eigenvalue weighted by Crippen LogP contribution is 2.41. The summed E-state index contributed by atoms with van der Waals surface area (Å²) in [6.45, 7) is 0. The summed E-state index contributed by atoms with van der Waals surface area (Å²) < 4.78 is 5.92. The molecule has 4 aromatic rings. The average molecular weight is 519 g/mol. The van der Waals surface area contributed by atoms with Crippen molar-refractivity contribution < 1.29 is 19.2 Å². The zero-order chi connectivity index (χ0) is 25.4. The normalized spacial score (nSPS) is 14.4. The maximum atomic E-state index is 13.5. The molecule has 0 fully saturated rings. The van der Waals surface area contributed by atoms with E-state index in [2.05, 4.69) is 0 Å². The van der Waals surface area contributed by atoms with Gasteiger partial charge in [-0.05, 0) is 54.1 Å². The number of phenols is 1. The van der Waals surface area contributed by atoms with Crippen LogP contribution in [0.4, 0.5) is 11.4 Å². The van der Waals surface area contributed by atoms with Gasteiger partial charge in [-0.25, -0.2) is 0 Å². The van der Waals surface area contributed by atoms with E-state index in [-0.39, 0.29) is 17.1 Å². The molecule has 0 spiro atoms. The van der Waals surface area contributed by atoms with Crippen LogP contribution in [0.2, 0.25) is 10.0 Å². The number of benzene rings is 3. The number of hydrogen-bond donors (Lipinski definition) is 1. The van der Waals surface area contributed by atoms with Crippen LogP contribution in [0.1, 0.15) is 11.3 Å². The summed E-state index contributed by atoms with van der Waals surface area (Å²) in [4.78, 5) is 25.3. The van der Waals surface area contributed by atoms with Crippen molar-refractivity contribution in [3.8, 4) is 17.1 Å². The number of amides is 1. The maximum Gasteiger partial charge on any atom is 0.273 e. The third-order valence-corrected chi connectivity index (χ3v) is 6.33. The predicted molar refractivity (Wildman–Crippen MR) is 139 cm³/mol. The second-order valence-corrected chi connectivity index (χ2v) is 8.71. The van der Waals surface area contributed by atoms with Crippen molar-refractivity contribution >= 4 is 52.3 Å². The van der Waals surface area contributed by atoms with Gasteiger partial charge in [0.15, 0.2) is 0 Å². The average Bonchev–Trinajstić information content (AvgIpc) is 3.46. The van der Waals surface area contributed by atoms with Gasteiger partial charge in [-0.1, -0.05) is 53.5 Å². The van der Waals surface area contributed by atoms with Crippen molar-refractivity contribution in [1.29, 1.82) is 0 Å². The van der Waals surface area contributed by atoms with Crippen molar-refractivity contribution in [2.45, 2.75) is 0 Å². The highest BCUT2D eigenvalue weighted by atomic mass is 35.5. The summed E-state index contributed by atoms with van der Waals surface area (Å²) in [5, 5.41) is 22.5. The van der Waals surface area contributed by atoms with Gasteiger partial charge in [0.1, 0.15) is 17.3 Å². The van der Waals surface area contributed by atoms with Gasteiger partial charge in [0.25, 0.3) is 11.6 Å². The van der Waals surface area contributed by atoms with Gasteiger partial charge in [-0.3, -0.25) is 19.8 Å². The zero-order valence-corrected chi connectivity index (χ0v) is 19.9. The van der Waals surface area contributed by atoms with Crippen molar-refractivity contribution in [2.75, 3.05) is 4.90 Å². The number of halogens is 2. The van der Waals surface area contributed by atoms with E-state index in [0.717, 1.165) is 17.2 Å². The number of anilines is 1. The topological polar surface area (TPSA) is 96.8 Å². The van der Waals surface area contributed by atoms with Crippen LogP contribution in [-0.2, 0) is 4.79 Å². The Balaban J connectivity index is 1.55. The molecule has 2 heterocycles. The zero-order valence-electron chi connectivity index (χ0n) is 18.4. The number of furan rings is 1. The first kappa shape index (κ1) is 23.4. The number of nitro benzene ring substituents is 1. The Kier molecular flexibility index (Phi) is 6.10. The van der Waals surface area contributed by atoms with Crippen LogP contribution < -0.4 is 4.90 Å². The molecule has 0 radical (unpaired) electrons. The number of hydrogen-bond acceptors (Lipinski definition) is 5. The van der Waals surface area contributed by atoms with E-state index in [9.17, 15) is 20.0 Å². The Labute approximate surface area is 215 Å². The van der Waals surface area contributed by atoms with Gasteiger partial charge >= 0.3 is 0 Å². The van der Waals surface area contributed by atoms with Gasteiger partial charge in [-0.2, -0.15) is 0 Å². The Morgan fingerprint density at radius 2 is 1.69 bits per heavy atom. The Hall–Kier alpha value is -4.33. The molecular weight excluding hydrogens is 503 g/mol. The number of carbonyl (C=O) groups is 1. The monoisotopic (exact) mass is 518 g/mol. The molecule has 36 heavy (non-hydrogen) atoms. The molecule has 3 aromatic carbocycles. The minimum atomic E-state index is -0.614. The lowest BCUT2D eigenvalue weighted by Gasteiger charge is -2.21. The third kappa shape index (κ3) is 4.37. The van der Waals surface area contributed by atoms with Crippen LogP contribution in [0, 0.1) is 10.1 Å². The largest absolute Gasteiger partial charge is 0.505 e. The molecule has 0 bridgehead atoms. The fourth-order valence-electron chi connectivity index (χ4n) is 3.88. The minimum absolute atomic E-state index is 0.125. The smallest absolute Gasteiger partial charge is 0.273 e. The molecule has 1 aromatic heterocycles. The molecule has 0 unspecified atom stereocenters. The van der Waals surface area contributed by atoms with E-state index >= 15 is 0 Å². The first-order valence-corrected chi connectivity index (χ1v) is 11.4. The maximum absolute atomic E-state index is 13.5. The standard InChI is InChI=1S/C27H16Cl2N2O5/c28-21-9-6-17(13-22(21)29)26-11-8-20(36-26)12-18-14-24(16-4-2-1-3-5-16)30(27(18)33)23-10-7-19(31(34)35)15-25(23)32/h1-15,32H/b18-12+. The summed E-state index contributed by atoms with van der Waals surface area (Å²) in [6, 6.07) is 21.4. The Bertz CT molecular complexity index is 1570. The van der Waals surface area contributed by atoms with Crippen LogP contribution in [0.5, 0.6) is 5.75 Å². The van der Waals surface area contributed by atoms with Gasteiger partial charge < -0.3 is 9.52 Å². The highest BCUT2D eigenvalue weighted by Gasteiger charge is 2.32. The molecule has 1 amide bonds. The van der Waals surface area contributed by atoms with Gasteiger partial charge in [0.2, 0.25) is 0 Å². The number of nitrogens with zero attached hydrogens (tertiary/aromatic N) is 2. The second-order valence-electron chi connectivity index (χ2n) is 7.90. The van der Waals surface area contributed by atoms with Crippen LogP contribution in [0.3, 0.4) is 0 Å². The number of aromatic hydroxyl groups is 1. The number of non-ortho nitro benzene ring substituents is 1. The van der Waals surface area contributed by atoms with Crippen molar-refractivity contribution in [1.82, 2.24) is 0 Å². The van der Waals surface area contributed by atoms with Gasteiger partial charge in [0, 0.05) is 17.2 Å². The van der Waals surface area contributed by atoms with Crippen LogP contribution in [0.15, 0.2) is 94.9 Å². The van der Waals surface area contributed by atoms with Crippen molar-refractivity contribution in [2.24, 2.45) is 0 Å². The summed E-state index contributed by atoms with van der Waals surface area (Å²) in [5.41, 5.74) is 2.11. The summed E-state index contributed by atoms with van der Waals surface area (Å²) in [5.74, 6) is 0.159. The molecule has 5 rings (SSSR count). The van der Waals surface area contributed by atoms with E-state index in [4.69, 9.17) is 27.6 Å². The van der Waals surface area contributed by atoms with Crippen molar-refractivity contribution in [3.05, 3.63) is 122 Å². The molecule has 1 aliphatic rings. The van der Waals surface area contributed by atoms with Crippen molar-refractivity contribution in [3.63, 3.8) is 0 Å². The number of nitro groups is 1. The predicted octanol–water partition coefficient (Wildman–Crippen LogP) is 7.34. The fraction of sp³-hybridized carbons (Fsp3) is 0. The molecule has 1 aliphatic heterocycles. The first-order chi connectivity index (χ1) is 17.3. The summed E-state index contributed by atoms with van der Waals surface area (Å²) in [7, 11) is 0. The molecule has 0 saturated carbocycles. The lowest BCUT2D eigenvalue weighted by molar-refractivity contribution is -0.384. The fourth-order valence-corrected chi connectivity index (χ4v) is 4.18. The highest BCUT2D eigenvalue weighted by molar-refractivity contribution is 6.42. The molecule has 178 valence electrons. The lowest BCUT2D eigenvalue weighted by atomic mass is 10.1. The van der Waals surface area contributed by atoms with E-state index in [1.165, 1.54) is 17.0 Å². The number of phenolic OH excluding ortho intramolecular Hbond substituents is 1. The molecule has 0 atom stereocenters. The molecule has 9 heteroatoms. The Morgan fingerprint density at radius 3 is 2.39 bits per heavy atom. The molecular formula is C27H16Cl2N2O5. The van der Waals surface area contributed by atoms with E-state index in [1.807, 2.05) is 30.3 Å². The van der Waals surface area contributed by atoms with Crippen LogP contribution in [-0.4, -0.2) is 15.9 Å². The number of carbonyl (C=O) groups excluding carboxylic acids is 1. The van der Waals surface area contributed by atoms with E-state index in [1.54, 1.807) is 42.5 Å². The first-order valence-electron chi connectivity index (χ1n) is 10.7. The van der Waals surface area contributed by atoms with Crippen LogP contribution >= 0.6 is 23.2 Å². The van der Waals surface area contributed by atoms with Gasteiger partial charge in [-0.15, -0.1) is 0 Å². The molecule has 0 saturated heterocycles. The Morgan fingerprint density at radius 1 is 0.917 bits per heavy atom. The molecule has 7 nitrogen and oxygen atoms in total. The molecule has 0 aliphatic carbocycles.